The van der Waals surface area contributed by atoms with Gasteiger partial charge in [0.05, 0.1) is 0 Å². The van der Waals surface area contributed by atoms with E-state index >= 15 is 0 Å². The van der Waals surface area contributed by atoms with E-state index in [1.807, 2.05) is 11.4 Å². The first-order valence-electron chi connectivity index (χ1n) is 7.86. The van der Waals surface area contributed by atoms with Gasteiger partial charge >= 0.3 is 0 Å². The van der Waals surface area contributed by atoms with Gasteiger partial charge in [0, 0.05) is 46.2 Å². The van der Waals surface area contributed by atoms with Crippen LogP contribution in [0.25, 0.3) is 5.57 Å². The van der Waals surface area contributed by atoms with Crippen LogP contribution >= 0.6 is 11.3 Å². The highest BCUT2D eigenvalue weighted by molar-refractivity contribution is 7.90. The van der Waals surface area contributed by atoms with Crippen molar-refractivity contribution in [2.45, 2.75) is 30.7 Å². The van der Waals surface area contributed by atoms with Gasteiger partial charge in [-0.1, -0.05) is 18.9 Å². The third kappa shape index (κ3) is 4.23. The molecule has 0 saturated heterocycles. The minimum absolute atomic E-state index is 0.177. The molecule has 1 fully saturated rings. The van der Waals surface area contributed by atoms with Crippen LogP contribution in [0.5, 0.6) is 0 Å². The fourth-order valence-electron chi connectivity index (χ4n) is 2.82. The van der Waals surface area contributed by atoms with Gasteiger partial charge in [-0.05, 0) is 24.8 Å². The molecule has 1 atom stereocenters. The summed E-state index contributed by atoms with van der Waals surface area (Å²) in [5, 5.41) is 5.76. The highest BCUT2D eigenvalue weighted by Crippen LogP contribution is 2.30. The summed E-state index contributed by atoms with van der Waals surface area (Å²) in [7, 11) is 0. The first-order chi connectivity index (χ1) is 11.6. The van der Waals surface area contributed by atoms with Crippen LogP contribution in [0.4, 0.5) is 5.13 Å². The number of hydrogen-bond donors (Lipinski definition) is 1. The highest BCUT2D eigenvalue weighted by Gasteiger charge is 2.20. The molecule has 0 bridgehead atoms. The average molecular weight is 361 g/mol. The molecular formula is C17H19N3O2S2. The van der Waals surface area contributed by atoms with E-state index in [2.05, 4.69) is 21.4 Å². The normalized spacial score (nSPS) is 17.0. The second-order valence-electron chi connectivity index (χ2n) is 5.76. The SMILES string of the molecule is C[S+]([O-])c1ccc(/C(=C\C2CCCC2)C(=O)Nc2nccs2)cn1. The summed E-state index contributed by atoms with van der Waals surface area (Å²) in [5.74, 6) is 0.242. The number of rotatable bonds is 5. The van der Waals surface area contributed by atoms with Crippen molar-refractivity contribution in [2.75, 3.05) is 11.6 Å². The van der Waals surface area contributed by atoms with Crippen LogP contribution in [0.3, 0.4) is 0 Å². The standard InChI is InChI=1S/C17H19N3O2S2/c1-24(22)15-7-6-13(11-19-15)14(10-12-4-2-3-5-12)16(21)20-17-18-8-9-23-17/h6-12H,2-5H2,1H3,(H,18,20,21)/b14-10+. The Morgan fingerprint density at radius 3 is 2.75 bits per heavy atom. The van der Waals surface area contributed by atoms with E-state index in [1.165, 1.54) is 24.2 Å². The number of nitrogens with zero attached hydrogens (tertiary/aromatic N) is 2. The molecule has 2 aromatic rings. The van der Waals surface area contributed by atoms with Crippen molar-refractivity contribution in [2.24, 2.45) is 5.92 Å². The summed E-state index contributed by atoms with van der Waals surface area (Å²) in [6.45, 7) is 0. The lowest BCUT2D eigenvalue weighted by molar-refractivity contribution is -0.111. The number of thiazole rings is 1. The zero-order chi connectivity index (χ0) is 16.9. The molecule has 1 unspecified atom stereocenters. The maximum absolute atomic E-state index is 12.7. The molecule has 0 aliphatic heterocycles. The third-order valence-corrected chi connectivity index (χ3v) is 5.56. The van der Waals surface area contributed by atoms with Crippen LogP contribution in [0.2, 0.25) is 0 Å². The van der Waals surface area contributed by atoms with Crippen molar-refractivity contribution in [3.05, 3.63) is 41.5 Å². The molecule has 0 radical (unpaired) electrons. The lowest BCUT2D eigenvalue weighted by Gasteiger charge is -2.11. The number of nitrogens with one attached hydrogen (secondary N) is 1. The summed E-state index contributed by atoms with van der Waals surface area (Å²) in [5.41, 5.74) is 1.35. The molecule has 2 aromatic heterocycles. The summed E-state index contributed by atoms with van der Waals surface area (Å²) >= 11 is 0.256. The minimum atomic E-state index is -1.13. The number of allylic oxidation sites excluding steroid dienone is 1. The van der Waals surface area contributed by atoms with Gasteiger partial charge in [-0.15, -0.1) is 11.3 Å². The molecule has 0 aromatic carbocycles. The lowest BCUT2D eigenvalue weighted by atomic mass is 9.99. The van der Waals surface area contributed by atoms with Crippen molar-refractivity contribution in [1.82, 2.24) is 9.97 Å². The zero-order valence-electron chi connectivity index (χ0n) is 13.4. The third-order valence-electron chi connectivity index (χ3n) is 4.04. The van der Waals surface area contributed by atoms with E-state index in [4.69, 9.17) is 0 Å². The Kier molecular flexibility index (Phi) is 5.65. The van der Waals surface area contributed by atoms with Crippen LogP contribution in [0.15, 0.2) is 41.0 Å². The van der Waals surface area contributed by atoms with Crippen LogP contribution in [0, 0.1) is 5.92 Å². The number of carbonyl (C=O) groups excluding carboxylic acids is 1. The van der Waals surface area contributed by atoms with Crippen molar-refractivity contribution in [1.29, 1.82) is 0 Å². The Balaban J connectivity index is 1.87. The van der Waals surface area contributed by atoms with Gasteiger partial charge in [-0.25, -0.2) is 9.97 Å². The van der Waals surface area contributed by atoms with Crippen LogP contribution < -0.4 is 5.32 Å². The number of hydrogen-bond acceptors (Lipinski definition) is 5. The highest BCUT2D eigenvalue weighted by atomic mass is 32.2. The largest absolute Gasteiger partial charge is 0.610 e. The fraction of sp³-hybridized carbons (Fsp3) is 0.353. The molecule has 2 heterocycles. The molecular weight excluding hydrogens is 342 g/mol. The Morgan fingerprint density at radius 2 is 2.17 bits per heavy atom. The van der Waals surface area contributed by atoms with Crippen molar-refractivity contribution in [3.63, 3.8) is 0 Å². The second-order valence-corrected chi connectivity index (χ2v) is 7.98. The summed E-state index contributed by atoms with van der Waals surface area (Å²) in [6, 6.07) is 3.52. The van der Waals surface area contributed by atoms with Crippen molar-refractivity contribution >= 4 is 39.1 Å². The second kappa shape index (κ2) is 7.92. The molecule has 24 heavy (non-hydrogen) atoms. The molecule has 1 N–H and O–H groups in total. The maximum Gasteiger partial charge on any atom is 0.257 e. The Labute approximate surface area is 148 Å². The van der Waals surface area contributed by atoms with E-state index in [1.54, 1.807) is 24.7 Å². The minimum Gasteiger partial charge on any atom is -0.610 e. The number of carbonyl (C=O) groups is 1. The van der Waals surface area contributed by atoms with Gasteiger partial charge in [-0.2, -0.15) is 0 Å². The van der Waals surface area contributed by atoms with E-state index in [0.29, 0.717) is 21.6 Å². The fourth-order valence-corrected chi connectivity index (χ4v) is 3.81. The topological polar surface area (TPSA) is 77.9 Å². The molecule has 3 rings (SSSR count). The van der Waals surface area contributed by atoms with Crippen molar-refractivity contribution < 1.29 is 9.35 Å². The van der Waals surface area contributed by atoms with Gasteiger partial charge in [0.1, 0.15) is 6.26 Å². The van der Waals surface area contributed by atoms with Gasteiger partial charge in [0.25, 0.3) is 5.91 Å². The van der Waals surface area contributed by atoms with Crippen LogP contribution in [-0.4, -0.2) is 26.7 Å². The molecule has 1 aliphatic carbocycles. The van der Waals surface area contributed by atoms with E-state index in [9.17, 15) is 9.35 Å². The van der Waals surface area contributed by atoms with Gasteiger partial charge in [0.15, 0.2) is 5.13 Å². The molecule has 1 aliphatic rings. The first kappa shape index (κ1) is 17.1. The van der Waals surface area contributed by atoms with E-state index in [-0.39, 0.29) is 5.91 Å². The Bertz CT molecular complexity index is 706. The van der Waals surface area contributed by atoms with Crippen LogP contribution in [-0.2, 0) is 16.0 Å². The number of pyridine rings is 1. The van der Waals surface area contributed by atoms with Gasteiger partial charge in [0.2, 0.25) is 5.03 Å². The smallest absolute Gasteiger partial charge is 0.257 e. The van der Waals surface area contributed by atoms with Gasteiger partial charge < -0.3 is 4.55 Å². The molecule has 5 nitrogen and oxygen atoms in total. The van der Waals surface area contributed by atoms with E-state index in [0.717, 1.165) is 18.4 Å². The number of aromatic nitrogens is 2. The quantitative estimate of drug-likeness (QED) is 0.653. The summed E-state index contributed by atoms with van der Waals surface area (Å²) < 4.78 is 11.5. The lowest BCUT2D eigenvalue weighted by Crippen LogP contribution is -2.15. The predicted molar refractivity (Wildman–Crippen MR) is 97.2 cm³/mol. The molecule has 1 amide bonds. The zero-order valence-corrected chi connectivity index (χ0v) is 15.0. The summed E-state index contributed by atoms with van der Waals surface area (Å²) in [6.07, 6.45) is 11.6. The Morgan fingerprint density at radius 1 is 1.38 bits per heavy atom. The molecule has 126 valence electrons. The molecule has 7 heteroatoms. The van der Waals surface area contributed by atoms with Gasteiger partial charge in [-0.3, -0.25) is 10.1 Å². The number of anilines is 1. The summed E-state index contributed by atoms with van der Waals surface area (Å²) in [4.78, 5) is 21.0. The number of amides is 1. The average Bonchev–Trinajstić information content (AvgIpc) is 3.26. The van der Waals surface area contributed by atoms with Crippen LogP contribution in [0.1, 0.15) is 31.2 Å². The monoisotopic (exact) mass is 361 g/mol. The van der Waals surface area contributed by atoms with Crippen molar-refractivity contribution in [3.8, 4) is 0 Å². The van der Waals surface area contributed by atoms with E-state index < -0.39 is 11.2 Å². The first-order valence-corrected chi connectivity index (χ1v) is 10.3. The predicted octanol–water partition coefficient (Wildman–Crippen LogP) is 3.49. The Hall–Kier alpha value is -1.70. The maximum atomic E-state index is 12.7. The molecule has 0 spiro atoms. The molecule has 1 saturated carbocycles.